The van der Waals surface area contributed by atoms with Crippen molar-refractivity contribution >= 4 is 29.4 Å². The van der Waals surface area contributed by atoms with Crippen molar-refractivity contribution in [3.8, 4) is 0 Å². The lowest BCUT2D eigenvalue weighted by Crippen LogP contribution is -2.59. The predicted octanol–water partition coefficient (Wildman–Crippen LogP) is 4.67. The molecule has 0 bridgehead atoms. The highest BCUT2D eigenvalue weighted by Crippen LogP contribution is 2.28. The molecule has 2 aromatic carbocycles. The predicted molar refractivity (Wildman–Crippen MR) is 155 cm³/mol. The molecule has 216 valence electrons. The Labute approximate surface area is 235 Å². The zero-order chi connectivity index (χ0) is 28.4. The van der Waals surface area contributed by atoms with E-state index in [2.05, 4.69) is 10.6 Å². The summed E-state index contributed by atoms with van der Waals surface area (Å²) in [6.45, 7) is 10.2. The van der Waals surface area contributed by atoms with Crippen LogP contribution in [0.1, 0.15) is 61.3 Å². The summed E-state index contributed by atoms with van der Waals surface area (Å²) < 4.78 is 31.5. The van der Waals surface area contributed by atoms with Gasteiger partial charge in [0.15, 0.2) is 0 Å². The minimum atomic E-state index is -3.22. The Morgan fingerprint density at radius 2 is 0.923 bits per heavy atom. The Morgan fingerprint density at radius 3 is 1.23 bits per heavy atom. The van der Waals surface area contributed by atoms with Gasteiger partial charge >= 0.3 is 17.6 Å². The SMILES string of the molecule is CCO[Si](CCCNC(=O)c1ccccc1)(OCC)O[Si](CCCNC(=O)c1ccccc1)(OCC)OCC. The van der Waals surface area contributed by atoms with Crippen LogP contribution in [0.3, 0.4) is 0 Å². The minimum Gasteiger partial charge on any atom is -0.374 e. The van der Waals surface area contributed by atoms with Crippen LogP contribution in [0.5, 0.6) is 0 Å². The van der Waals surface area contributed by atoms with Crippen molar-refractivity contribution in [1.29, 1.82) is 0 Å². The van der Waals surface area contributed by atoms with E-state index < -0.39 is 17.6 Å². The molecule has 9 nitrogen and oxygen atoms in total. The van der Waals surface area contributed by atoms with E-state index >= 15 is 0 Å². The molecule has 0 unspecified atom stereocenters. The molecular formula is C28H44N2O7Si2. The summed E-state index contributed by atoms with van der Waals surface area (Å²) in [5, 5.41) is 5.92. The van der Waals surface area contributed by atoms with Crippen molar-refractivity contribution in [3.05, 3.63) is 71.8 Å². The first-order valence-corrected chi connectivity index (χ1v) is 17.7. The average Bonchev–Trinajstić information content (AvgIpc) is 2.95. The molecule has 0 atom stereocenters. The highest BCUT2D eigenvalue weighted by molar-refractivity contribution is 6.75. The van der Waals surface area contributed by atoms with E-state index in [1.165, 1.54) is 0 Å². The average molecular weight is 577 g/mol. The summed E-state index contributed by atoms with van der Waals surface area (Å²) in [5.41, 5.74) is 1.23. The Bertz CT molecular complexity index is 877. The van der Waals surface area contributed by atoms with Crippen LogP contribution in [-0.4, -0.2) is 68.9 Å². The molecule has 0 fully saturated rings. The van der Waals surface area contributed by atoms with Crippen LogP contribution in [0.15, 0.2) is 60.7 Å². The van der Waals surface area contributed by atoms with Gasteiger partial charge < -0.3 is 32.5 Å². The molecule has 0 aliphatic heterocycles. The smallest absolute Gasteiger partial charge is 0.374 e. The van der Waals surface area contributed by atoms with E-state index in [0.717, 1.165) is 0 Å². The quantitative estimate of drug-likeness (QED) is 0.174. The normalized spacial score (nSPS) is 11.8. The van der Waals surface area contributed by atoms with Gasteiger partial charge in [-0.3, -0.25) is 9.59 Å². The molecule has 0 saturated carbocycles. The molecule has 0 aromatic heterocycles. The summed E-state index contributed by atoms with van der Waals surface area (Å²) >= 11 is 0. The Hall–Kier alpha value is -2.39. The lowest BCUT2D eigenvalue weighted by atomic mass is 10.2. The van der Waals surface area contributed by atoms with Crippen molar-refractivity contribution < 1.29 is 31.4 Å². The molecule has 0 aliphatic rings. The first-order chi connectivity index (χ1) is 18.9. The summed E-state index contributed by atoms with van der Waals surface area (Å²) in [5.74, 6) is -0.247. The molecule has 11 heteroatoms. The number of hydrogen-bond donors (Lipinski definition) is 2. The molecule has 0 saturated heterocycles. The Kier molecular flexibility index (Phi) is 15.2. The highest BCUT2D eigenvalue weighted by Gasteiger charge is 2.53. The van der Waals surface area contributed by atoms with Crippen molar-refractivity contribution in [3.63, 3.8) is 0 Å². The first kappa shape index (κ1) is 32.8. The van der Waals surface area contributed by atoms with E-state index in [1.54, 1.807) is 24.3 Å². The molecule has 2 N–H and O–H groups in total. The number of hydrogen-bond acceptors (Lipinski definition) is 7. The van der Waals surface area contributed by atoms with E-state index in [0.29, 0.717) is 75.6 Å². The van der Waals surface area contributed by atoms with Gasteiger partial charge in [-0.05, 0) is 64.8 Å². The highest BCUT2D eigenvalue weighted by atomic mass is 28.5. The van der Waals surface area contributed by atoms with Crippen LogP contribution in [0.4, 0.5) is 0 Å². The lowest BCUT2D eigenvalue weighted by molar-refractivity contribution is 0.0486. The van der Waals surface area contributed by atoms with E-state index in [9.17, 15) is 9.59 Å². The first-order valence-electron chi connectivity index (χ1n) is 13.9. The van der Waals surface area contributed by atoms with Crippen molar-refractivity contribution in [1.82, 2.24) is 10.6 Å². The van der Waals surface area contributed by atoms with Crippen LogP contribution in [0.2, 0.25) is 12.1 Å². The van der Waals surface area contributed by atoms with Gasteiger partial charge in [-0.25, -0.2) is 0 Å². The lowest BCUT2D eigenvalue weighted by Gasteiger charge is -2.38. The maximum Gasteiger partial charge on any atom is 0.493 e. The number of nitrogens with one attached hydrogen (secondary N) is 2. The van der Waals surface area contributed by atoms with Crippen molar-refractivity contribution in [2.45, 2.75) is 52.6 Å². The van der Waals surface area contributed by atoms with Crippen molar-refractivity contribution in [2.24, 2.45) is 0 Å². The Balaban J connectivity index is 2.06. The van der Waals surface area contributed by atoms with Gasteiger partial charge in [-0.15, -0.1) is 0 Å². The van der Waals surface area contributed by atoms with Gasteiger partial charge in [0, 0.05) is 62.7 Å². The molecular weight excluding hydrogens is 532 g/mol. The molecule has 2 rings (SSSR count). The zero-order valence-electron chi connectivity index (χ0n) is 23.7. The van der Waals surface area contributed by atoms with Gasteiger partial charge in [0.05, 0.1) is 0 Å². The van der Waals surface area contributed by atoms with Crippen LogP contribution >= 0.6 is 0 Å². The van der Waals surface area contributed by atoms with Crippen LogP contribution in [0.25, 0.3) is 0 Å². The van der Waals surface area contributed by atoms with E-state index in [1.807, 2.05) is 64.1 Å². The van der Waals surface area contributed by atoms with E-state index in [4.69, 9.17) is 21.8 Å². The standard InChI is InChI=1S/C28H44N2O7Si2/c1-5-33-38(34-6-2,23-15-21-29-27(31)25-17-11-9-12-18-25)37-39(35-7-3,36-8-4)24-16-22-30-28(32)26-19-13-10-14-20-26/h9-14,17-20H,5-8,15-16,21-24H2,1-4H3,(H,29,31)(H,30,32). The molecule has 0 radical (unpaired) electrons. The second-order valence-corrected chi connectivity index (χ2v) is 14.4. The number of rotatable bonds is 20. The summed E-state index contributed by atoms with van der Waals surface area (Å²) in [7, 11) is -6.44. The largest absolute Gasteiger partial charge is 0.493 e. The Morgan fingerprint density at radius 1 is 0.590 bits per heavy atom. The molecule has 2 aromatic rings. The maximum absolute atomic E-state index is 12.4. The molecule has 2 amide bonds. The van der Waals surface area contributed by atoms with Gasteiger partial charge in [-0.1, -0.05) is 36.4 Å². The third-order valence-corrected chi connectivity index (χ3v) is 13.1. The molecule has 0 aliphatic carbocycles. The number of benzene rings is 2. The maximum atomic E-state index is 12.4. The third-order valence-electron chi connectivity index (χ3n) is 5.73. The van der Waals surface area contributed by atoms with Crippen LogP contribution < -0.4 is 10.6 Å². The summed E-state index contributed by atoms with van der Waals surface area (Å²) in [4.78, 5) is 24.9. The number of carbonyl (C=O) groups excluding carboxylic acids is 2. The topological polar surface area (TPSA) is 104 Å². The fraction of sp³-hybridized carbons (Fsp3) is 0.500. The monoisotopic (exact) mass is 576 g/mol. The van der Waals surface area contributed by atoms with Crippen molar-refractivity contribution in [2.75, 3.05) is 39.5 Å². The molecule has 0 spiro atoms. The van der Waals surface area contributed by atoms with Gasteiger partial charge in [0.25, 0.3) is 11.8 Å². The summed E-state index contributed by atoms with van der Waals surface area (Å²) in [6, 6.07) is 19.2. The minimum absolute atomic E-state index is 0.124. The fourth-order valence-electron chi connectivity index (χ4n) is 4.11. The number of amides is 2. The number of carbonyl (C=O) groups is 2. The second kappa shape index (κ2) is 18.1. The fourth-order valence-corrected chi connectivity index (χ4v) is 11.5. The van der Waals surface area contributed by atoms with Gasteiger partial charge in [0.1, 0.15) is 0 Å². The zero-order valence-corrected chi connectivity index (χ0v) is 25.7. The third kappa shape index (κ3) is 11.3. The van der Waals surface area contributed by atoms with E-state index in [-0.39, 0.29) is 11.8 Å². The summed E-state index contributed by atoms with van der Waals surface area (Å²) in [6.07, 6.45) is 1.22. The second-order valence-electron chi connectivity index (χ2n) is 8.65. The van der Waals surface area contributed by atoms with Gasteiger partial charge in [0.2, 0.25) is 0 Å². The van der Waals surface area contributed by atoms with Gasteiger partial charge in [-0.2, -0.15) is 0 Å². The van der Waals surface area contributed by atoms with Crippen LogP contribution in [0, 0.1) is 0 Å². The molecule has 39 heavy (non-hydrogen) atoms. The molecule has 0 heterocycles. The van der Waals surface area contributed by atoms with Crippen LogP contribution in [-0.2, 0) is 21.8 Å².